The number of benzene rings is 1. The lowest BCUT2D eigenvalue weighted by Crippen LogP contribution is -2.22. The van der Waals surface area contributed by atoms with Gasteiger partial charge in [-0.1, -0.05) is 48.0 Å². The highest BCUT2D eigenvalue weighted by Crippen LogP contribution is 2.43. The first-order chi connectivity index (χ1) is 10.2. The highest BCUT2D eigenvalue weighted by molar-refractivity contribution is 7.00. The lowest BCUT2D eigenvalue weighted by molar-refractivity contribution is 0.571. The van der Waals surface area contributed by atoms with Crippen LogP contribution in [0.4, 0.5) is 0 Å². The fourth-order valence-electron chi connectivity index (χ4n) is 4.05. The Morgan fingerprint density at radius 2 is 1.09 bits per heavy atom. The van der Waals surface area contributed by atoms with Gasteiger partial charge in [-0.3, -0.25) is 0 Å². The van der Waals surface area contributed by atoms with E-state index in [2.05, 4.69) is 41.5 Å². The molecule has 0 radical (unpaired) electrons. The van der Waals surface area contributed by atoms with Gasteiger partial charge in [0.15, 0.2) is 0 Å². The van der Waals surface area contributed by atoms with Crippen LogP contribution in [0.1, 0.15) is 83.1 Å². The number of aromatic nitrogens is 2. The van der Waals surface area contributed by atoms with E-state index in [1.54, 1.807) is 11.1 Å². The molecule has 1 aromatic carbocycles. The molecule has 3 rings (SSSR count). The van der Waals surface area contributed by atoms with Crippen LogP contribution in [-0.2, 0) is 23.7 Å². The Balaban J connectivity index is 2.47. The first-order valence-electron chi connectivity index (χ1n) is 8.52. The summed E-state index contributed by atoms with van der Waals surface area (Å²) >= 11 is 1.38. The van der Waals surface area contributed by atoms with Crippen LogP contribution in [0.5, 0.6) is 0 Å². The van der Waals surface area contributed by atoms with E-state index in [1.165, 1.54) is 66.0 Å². The van der Waals surface area contributed by atoms with E-state index in [9.17, 15) is 0 Å². The van der Waals surface area contributed by atoms with Gasteiger partial charge in [0.25, 0.3) is 0 Å². The summed E-state index contributed by atoms with van der Waals surface area (Å²) in [6, 6.07) is 0. The van der Waals surface area contributed by atoms with E-state index in [1.807, 2.05) is 0 Å². The van der Waals surface area contributed by atoms with Gasteiger partial charge in [-0.05, 0) is 58.8 Å². The van der Waals surface area contributed by atoms with Crippen LogP contribution < -0.4 is 0 Å². The van der Waals surface area contributed by atoms with Crippen LogP contribution in [-0.4, -0.2) is 8.75 Å². The third kappa shape index (κ3) is 2.58. The van der Waals surface area contributed by atoms with E-state index < -0.39 is 0 Å². The summed E-state index contributed by atoms with van der Waals surface area (Å²) in [6.45, 7) is 13.9. The molecule has 0 spiro atoms. The second-order valence-electron chi connectivity index (χ2n) is 8.73. The number of fused-ring (bicyclic) bond motifs is 2. The molecule has 0 fully saturated rings. The number of nitrogens with zero attached hydrogens (tertiary/aromatic N) is 2. The molecule has 0 saturated carbocycles. The van der Waals surface area contributed by atoms with Gasteiger partial charge in [-0.15, -0.1) is 0 Å². The molecule has 1 aromatic heterocycles. The van der Waals surface area contributed by atoms with Gasteiger partial charge in [0.2, 0.25) is 0 Å². The fraction of sp³-hybridized carbons (Fsp3) is 0.684. The van der Waals surface area contributed by atoms with Crippen LogP contribution in [0, 0.1) is 0 Å². The molecule has 120 valence electrons. The summed E-state index contributed by atoms with van der Waals surface area (Å²) < 4.78 is 9.46. The summed E-state index contributed by atoms with van der Waals surface area (Å²) in [5, 5.41) is 0. The van der Waals surface area contributed by atoms with Crippen molar-refractivity contribution in [3.05, 3.63) is 22.3 Å². The molecule has 0 unspecified atom stereocenters. The standard InChI is InChI=1S/C19H28N2S/c1-18(2,3)14-12-10-8-7-9-11-13(12)15(19(4,5)6)17-16(14)20-22-21-17/h7-11H2,1-6H3. The van der Waals surface area contributed by atoms with Crippen molar-refractivity contribution >= 4 is 22.8 Å². The molecule has 1 aliphatic rings. The molecule has 2 aromatic rings. The third-order valence-corrected chi connectivity index (χ3v) is 5.31. The summed E-state index contributed by atoms with van der Waals surface area (Å²) in [5.41, 5.74) is 8.69. The highest BCUT2D eigenvalue weighted by atomic mass is 32.1. The highest BCUT2D eigenvalue weighted by Gasteiger charge is 2.32. The minimum Gasteiger partial charge on any atom is -0.173 e. The first-order valence-corrected chi connectivity index (χ1v) is 9.25. The molecule has 0 saturated heterocycles. The normalized spacial score (nSPS) is 16.6. The molecule has 0 aliphatic heterocycles. The van der Waals surface area contributed by atoms with E-state index in [0.29, 0.717) is 0 Å². The molecule has 22 heavy (non-hydrogen) atoms. The average molecular weight is 317 g/mol. The molecule has 0 N–H and O–H groups in total. The maximum atomic E-state index is 4.73. The quantitative estimate of drug-likeness (QED) is 0.595. The molecular formula is C19H28N2S. The van der Waals surface area contributed by atoms with Crippen LogP contribution in [0.25, 0.3) is 11.0 Å². The SMILES string of the molecule is CC(C)(C)c1c2c(c(C(C)(C)C)c3nsnc13)CCCCC2. The Morgan fingerprint density at radius 3 is 1.45 bits per heavy atom. The van der Waals surface area contributed by atoms with Crippen LogP contribution in [0.15, 0.2) is 0 Å². The Morgan fingerprint density at radius 1 is 0.682 bits per heavy atom. The topological polar surface area (TPSA) is 25.8 Å². The molecule has 2 nitrogen and oxygen atoms in total. The van der Waals surface area contributed by atoms with E-state index >= 15 is 0 Å². The second-order valence-corrected chi connectivity index (χ2v) is 9.26. The predicted octanol–water partition coefficient (Wildman–Crippen LogP) is 5.56. The van der Waals surface area contributed by atoms with Crippen molar-refractivity contribution in [3.8, 4) is 0 Å². The summed E-state index contributed by atoms with van der Waals surface area (Å²) in [4.78, 5) is 0. The van der Waals surface area contributed by atoms with Crippen LogP contribution in [0.3, 0.4) is 0 Å². The largest absolute Gasteiger partial charge is 0.173 e. The summed E-state index contributed by atoms with van der Waals surface area (Å²) in [7, 11) is 0. The monoisotopic (exact) mass is 316 g/mol. The van der Waals surface area contributed by atoms with Gasteiger partial charge < -0.3 is 0 Å². The molecule has 0 atom stereocenters. The van der Waals surface area contributed by atoms with Gasteiger partial charge in [0.05, 0.1) is 11.7 Å². The molecular weight excluding hydrogens is 288 g/mol. The van der Waals surface area contributed by atoms with Gasteiger partial charge in [0.1, 0.15) is 11.0 Å². The fourth-order valence-corrected chi connectivity index (χ4v) is 4.61. The Labute approximate surface area is 138 Å². The lowest BCUT2D eigenvalue weighted by Gasteiger charge is -2.30. The smallest absolute Gasteiger partial charge is 0.109 e. The van der Waals surface area contributed by atoms with Crippen molar-refractivity contribution < 1.29 is 0 Å². The van der Waals surface area contributed by atoms with E-state index in [-0.39, 0.29) is 10.8 Å². The molecule has 1 aliphatic carbocycles. The van der Waals surface area contributed by atoms with Crippen molar-refractivity contribution in [2.24, 2.45) is 0 Å². The minimum atomic E-state index is 0.124. The first kappa shape index (κ1) is 15.9. The predicted molar refractivity (Wildman–Crippen MR) is 96.1 cm³/mol. The van der Waals surface area contributed by atoms with E-state index in [0.717, 1.165) is 0 Å². The molecule has 1 heterocycles. The summed E-state index contributed by atoms with van der Waals surface area (Å²) in [6.07, 6.45) is 6.37. The lowest BCUT2D eigenvalue weighted by atomic mass is 9.73. The van der Waals surface area contributed by atoms with Crippen molar-refractivity contribution in [2.75, 3.05) is 0 Å². The van der Waals surface area contributed by atoms with Crippen LogP contribution in [0.2, 0.25) is 0 Å². The van der Waals surface area contributed by atoms with Crippen molar-refractivity contribution in [1.82, 2.24) is 8.75 Å². The Kier molecular flexibility index (Phi) is 3.83. The van der Waals surface area contributed by atoms with Gasteiger partial charge >= 0.3 is 0 Å². The second kappa shape index (κ2) is 5.30. The molecule has 0 amide bonds. The van der Waals surface area contributed by atoms with Gasteiger partial charge in [-0.2, -0.15) is 8.75 Å². The van der Waals surface area contributed by atoms with Crippen molar-refractivity contribution in [3.63, 3.8) is 0 Å². The Hall–Kier alpha value is -0.960. The maximum absolute atomic E-state index is 4.73. The average Bonchev–Trinajstić information content (AvgIpc) is 2.70. The number of hydrogen-bond donors (Lipinski definition) is 0. The third-order valence-electron chi connectivity index (χ3n) is 4.78. The van der Waals surface area contributed by atoms with Crippen molar-refractivity contribution in [1.29, 1.82) is 0 Å². The zero-order valence-corrected chi connectivity index (χ0v) is 15.7. The van der Waals surface area contributed by atoms with E-state index in [4.69, 9.17) is 8.75 Å². The minimum absolute atomic E-state index is 0.124. The molecule has 3 heteroatoms. The maximum Gasteiger partial charge on any atom is 0.109 e. The summed E-state index contributed by atoms with van der Waals surface area (Å²) in [5.74, 6) is 0. The number of rotatable bonds is 0. The molecule has 0 bridgehead atoms. The van der Waals surface area contributed by atoms with Gasteiger partial charge in [0, 0.05) is 0 Å². The van der Waals surface area contributed by atoms with Gasteiger partial charge in [-0.25, -0.2) is 0 Å². The zero-order chi connectivity index (χ0) is 16.1. The Bertz CT molecular complexity index is 641. The van der Waals surface area contributed by atoms with Crippen molar-refractivity contribution in [2.45, 2.75) is 84.5 Å². The number of hydrogen-bond acceptors (Lipinski definition) is 3. The van der Waals surface area contributed by atoms with Crippen LogP contribution >= 0.6 is 11.7 Å². The zero-order valence-electron chi connectivity index (χ0n) is 14.8.